The second-order valence-electron chi connectivity index (χ2n) is 5.54. The predicted octanol–water partition coefficient (Wildman–Crippen LogP) is 1.18. The number of aliphatic hydroxyl groups excluding tert-OH is 1. The van der Waals surface area contributed by atoms with Gasteiger partial charge in [0.2, 0.25) is 11.8 Å². The number of carbonyl (C=O) groups excluding carboxylic acids is 2. The van der Waals surface area contributed by atoms with Crippen molar-refractivity contribution in [2.24, 2.45) is 17.8 Å². The summed E-state index contributed by atoms with van der Waals surface area (Å²) in [5, 5.41) is 9.43. The Kier molecular flexibility index (Phi) is 3.52. The molecule has 2 aliphatic rings. The number of likely N-dealkylation sites (tertiary alicyclic amines) is 1. The quantitative estimate of drug-likeness (QED) is 0.736. The molecule has 2 atom stereocenters. The number of carbonyl (C=O) groups is 2. The van der Waals surface area contributed by atoms with Gasteiger partial charge < -0.3 is 5.11 Å². The Labute approximate surface area is 102 Å². The van der Waals surface area contributed by atoms with E-state index < -0.39 is 0 Å². The Morgan fingerprint density at radius 1 is 1.06 bits per heavy atom. The van der Waals surface area contributed by atoms with Crippen LogP contribution in [0, 0.1) is 17.8 Å². The van der Waals surface area contributed by atoms with Crippen molar-refractivity contribution in [3.63, 3.8) is 0 Å². The molecule has 0 aromatic rings. The van der Waals surface area contributed by atoms with Crippen LogP contribution < -0.4 is 0 Å². The molecule has 1 heterocycles. The third kappa shape index (κ3) is 2.37. The fraction of sp³-hybridized carbons (Fsp3) is 0.846. The van der Waals surface area contributed by atoms with Crippen LogP contribution in [0.4, 0.5) is 0 Å². The van der Waals surface area contributed by atoms with Crippen LogP contribution in [0.25, 0.3) is 0 Å². The van der Waals surface area contributed by atoms with E-state index in [9.17, 15) is 14.7 Å². The van der Waals surface area contributed by atoms with Gasteiger partial charge in [-0.15, -0.1) is 0 Å². The summed E-state index contributed by atoms with van der Waals surface area (Å²) in [6.45, 7) is 4.21. The molecule has 2 unspecified atom stereocenters. The molecular formula is C13H21NO3. The molecule has 4 heteroatoms. The first kappa shape index (κ1) is 12.6. The fourth-order valence-electron chi connectivity index (χ4n) is 2.79. The number of hydrogen-bond donors (Lipinski definition) is 1. The van der Waals surface area contributed by atoms with Gasteiger partial charge in [-0.2, -0.15) is 0 Å². The molecule has 0 aromatic carbocycles. The molecule has 17 heavy (non-hydrogen) atoms. The Bertz CT molecular complexity index is 301. The van der Waals surface area contributed by atoms with Gasteiger partial charge in [0.15, 0.2) is 0 Å². The number of nitrogens with zero attached hydrogens (tertiary/aromatic N) is 1. The summed E-state index contributed by atoms with van der Waals surface area (Å²) in [4.78, 5) is 25.3. The van der Waals surface area contributed by atoms with E-state index in [4.69, 9.17) is 0 Å². The van der Waals surface area contributed by atoms with Gasteiger partial charge in [0.05, 0.1) is 6.10 Å². The molecule has 0 aromatic heterocycles. The zero-order valence-electron chi connectivity index (χ0n) is 10.6. The first-order valence-electron chi connectivity index (χ1n) is 6.54. The fourth-order valence-corrected chi connectivity index (χ4v) is 2.79. The minimum absolute atomic E-state index is 0.0198. The SMILES string of the molecule is CC1C(=O)N(CC2CCC(O)CC2)C(=O)C1C. The van der Waals surface area contributed by atoms with E-state index in [1.54, 1.807) is 0 Å². The lowest BCUT2D eigenvalue weighted by Gasteiger charge is -2.28. The number of hydrogen-bond acceptors (Lipinski definition) is 3. The van der Waals surface area contributed by atoms with Crippen molar-refractivity contribution in [2.75, 3.05) is 6.54 Å². The lowest BCUT2D eigenvalue weighted by molar-refractivity contribution is -0.140. The third-order valence-electron chi connectivity index (χ3n) is 4.32. The maximum atomic E-state index is 11.9. The predicted molar refractivity (Wildman–Crippen MR) is 63.0 cm³/mol. The van der Waals surface area contributed by atoms with Gasteiger partial charge in [0.1, 0.15) is 0 Å². The second kappa shape index (κ2) is 4.77. The standard InChI is InChI=1S/C13H21NO3/c1-8-9(2)13(17)14(12(8)16)7-10-3-5-11(15)6-4-10/h8-11,15H,3-7H2,1-2H3. The number of aliphatic hydroxyl groups is 1. The molecule has 0 radical (unpaired) electrons. The maximum Gasteiger partial charge on any atom is 0.232 e. The summed E-state index contributed by atoms with van der Waals surface area (Å²) in [5.41, 5.74) is 0. The van der Waals surface area contributed by atoms with Crippen LogP contribution in [-0.2, 0) is 9.59 Å². The lowest BCUT2D eigenvalue weighted by atomic mass is 9.87. The molecule has 1 aliphatic carbocycles. The second-order valence-corrected chi connectivity index (χ2v) is 5.54. The van der Waals surface area contributed by atoms with E-state index in [2.05, 4.69) is 0 Å². The number of rotatable bonds is 2. The first-order chi connectivity index (χ1) is 8.00. The van der Waals surface area contributed by atoms with Crippen molar-refractivity contribution in [3.8, 4) is 0 Å². The molecule has 0 spiro atoms. The van der Waals surface area contributed by atoms with E-state index >= 15 is 0 Å². The van der Waals surface area contributed by atoms with Crippen LogP contribution in [0.2, 0.25) is 0 Å². The molecule has 1 saturated carbocycles. The zero-order chi connectivity index (χ0) is 12.6. The molecule has 2 fully saturated rings. The summed E-state index contributed by atoms with van der Waals surface area (Å²) in [7, 11) is 0. The van der Waals surface area contributed by atoms with Crippen molar-refractivity contribution in [1.29, 1.82) is 0 Å². The first-order valence-corrected chi connectivity index (χ1v) is 6.54. The van der Waals surface area contributed by atoms with Crippen molar-refractivity contribution >= 4 is 11.8 Å². The van der Waals surface area contributed by atoms with Gasteiger partial charge in [-0.1, -0.05) is 13.8 Å². The topological polar surface area (TPSA) is 57.6 Å². The van der Waals surface area contributed by atoms with E-state index in [1.807, 2.05) is 13.8 Å². The Hall–Kier alpha value is -0.900. The Morgan fingerprint density at radius 2 is 1.53 bits per heavy atom. The Morgan fingerprint density at radius 3 is 2.00 bits per heavy atom. The monoisotopic (exact) mass is 239 g/mol. The van der Waals surface area contributed by atoms with E-state index in [0.29, 0.717) is 12.5 Å². The van der Waals surface area contributed by atoms with Gasteiger partial charge >= 0.3 is 0 Å². The summed E-state index contributed by atoms with van der Waals surface area (Å²) in [5.74, 6) is -0.000550. The van der Waals surface area contributed by atoms with Crippen molar-refractivity contribution in [2.45, 2.75) is 45.6 Å². The van der Waals surface area contributed by atoms with Crippen LogP contribution in [0.3, 0.4) is 0 Å². The summed E-state index contributed by atoms with van der Waals surface area (Å²) in [6.07, 6.45) is 3.24. The van der Waals surface area contributed by atoms with Gasteiger partial charge in [-0.05, 0) is 31.6 Å². The highest BCUT2D eigenvalue weighted by molar-refractivity contribution is 6.04. The summed E-state index contributed by atoms with van der Waals surface area (Å²) >= 11 is 0. The highest BCUT2D eigenvalue weighted by atomic mass is 16.3. The zero-order valence-corrected chi connectivity index (χ0v) is 10.6. The molecule has 2 rings (SSSR count). The average Bonchev–Trinajstić information content (AvgIpc) is 2.50. The van der Waals surface area contributed by atoms with Gasteiger partial charge in [-0.3, -0.25) is 14.5 Å². The summed E-state index contributed by atoms with van der Waals surface area (Å²) in [6, 6.07) is 0. The Balaban J connectivity index is 1.95. The molecule has 96 valence electrons. The van der Waals surface area contributed by atoms with Crippen LogP contribution in [-0.4, -0.2) is 34.5 Å². The van der Waals surface area contributed by atoms with E-state index in [0.717, 1.165) is 25.7 Å². The maximum absolute atomic E-state index is 11.9. The van der Waals surface area contributed by atoms with Gasteiger partial charge in [-0.25, -0.2) is 0 Å². The number of amides is 2. The molecule has 1 saturated heterocycles. The smallest absolute Gasteiger partial charge is 0.232 e. The van der Waals surface area contributed by atoms with Gasteiger partial charge in [0, 0.05) is 18.4 Å². The molecular weight excluding hydrogens is 218 g/mol. The third-order valence-corrected chi connectivity index (χ3v) is 4.32. The normalized spacial score (nSPS) is 38.9. The van der Waals surface area contributed by atoms with Crippen LogP contribution in [0.5, 0.6) is 0 Å². The van der Waals surface area contributed by atoms with E-state index in [1.165, 1.54) is 4.90 Å². The van der Waals surface area contributed by atoms with Crippen molar-refractivity contribution < 1.29 is 14.7 Å². The van der Waals surface area contributed by atoms with E-state index in [-0.39, 0.29) is 29.8 Å². The molecule has 0 bridgehead atoms. The van der Waals surface area contributed by atoms with Crippen molar-refractivity contribution in [3.05, 3.63) is 0 Å². The van der Waals surface area contributed by atoms with Crippen LogP contribution in [0.15, 0.2) is 0 Å². The highest BCUT2D eigenvalue weighted by Crippen LogP contribution is 2.30. The largest absolute Gasteiger partial charge is 0.393 e. The minimum atomic E-state index is -0.186. The van der Waals surface area contributed by atoms with Crippen molar-refractivity contribution in [1.82, 2.24) is 4.90 Å². The molecule has 2 amide bonds. The molecule has 1 N–H and O–H groups in total. The average molecular weight is 239 g/mol. The van der Waals surface area contributed by atoms with Crippen LogP contribution >= 0.6 is 0 Å². The summed E-state index contributed by atoms with van der Waals surface area (Å²) < 4.78 is 0. The molecule has 1 aliphatic heterocycles. The molecule has 4 nitrogen and oxygen atoms in total. The minimum Gasteiger partial charge on any atom is -0.393 e. The van der Waals surface area contributed by atoms with Gasteiger partial charge in [0.25, 0.3) is 0 Å². The van der Waals surface area contributed by atoms with Crippen LogP contribution in [0.1, 0.15) is 39.5 Å². The number of imide groups is 1. The lowest BCUT2D eigenvalue weighted by Crippen LogP contribution is -2.37. The highest BCUT2D eigenvalue weighted by Gasteiger charge is 2.42.